The second kappa shape index (κ2) is 7.66. The van der Waals surface area contributed by atoms with E-state index in [9.17, 15) is 9.59 Å². The molecular weight excluding hydrogens is 422 g/mol. The molecule has 2 amide bonds. The number of benzene rings is 2. The van der Waals surface area contributed by atoms with Crippen LogP contribution >= 0.6 is 11.6 Å². The van der Waals surface area contributed by atoms with Gasteiger partial charge in [0.1, 0.15) is 0 Å². The predicted octanol–water partition coefficient (Wildman–Crippen LogP) is 4.90. The van der Waals surface area contributed by atoms with E-state index in [2.05, 4.69) is 24.9 Å². The number of halogens is 1. The van der Waals surface area contributed by atoms with Crippen LogP contribution in [0.25, 0.3) is 10.9 Å². The number of nitrogens with one attached hydrogen (secondary N) is 1. The van der Waals surface area contributed by atoms with Crippen molar-refractivity contribution in [3.8, 4) is 0 Å². The van der Waals surface area contributed by atoms with Crippen LogP contribution in [0.4, 0.5) is 0 Å². The van der Waals surface area contributed by atoms with Crippen LogP contribution in [0.1, 0.15) is 49.9 Å². The first kappa shape index (κ1) is 21.1. The molecule has 32 heavy (non-hydrogen) atoms. The summed E-state index contributed by atoms with van der Waals surface area (Å²) < 4.78 is 0. The Morgan fingerprint density at radius 1 is 1.12 bits per heavy atom. The molecule has 0 bridgehead atoms. The number of piperazine rings is 1. The minimum absolute atomic E-state index is 0.0110. The van der Waals surface area contributed by atoms with Crippen molar-refractivity contribution in [3.05, 3.63) is 70.4 Å². The molecule has 1 fully saturated rings. The second-order valence-corrected chi connectivity index (χ2v) is 9.93. The number of aromatic nitrogens is 1. The molecule has 3 aromatic rings. The number of H-pyrrole nitrogens is 1. The minimum atomic E-state index is -1.06. The molecule has 0 saturated carbocycles. The third-order valence-electron chi connectivity index (χ3n) is 7.07. The zero-order valence-corrected chi connectivity index (χ0v) is 19.4. The van der Waals surface area contributed by atoms with Gasteiger partial charge >= 0.3 is 0 Å². The SMILES string of the molecule is CC(C)CCN1CC(=O)N2CC(c3ccccc3Cl)c3c([nH]c4ccccc34)C2(C)C1=O. The van der Waals surface area contributed by atoms with Crippen LogP contribution < -0.4 is 0 Å². The van der Waals surface area contributed by atoms with Crippen LogP contribution in [0, 0.1) is 5.92 Å². The summed E-state index contributed by atoms with van der Waals surface area (Å²) >= 11 is 6.62. The number of para-hydroxylation sites is 1. The van der Waals surface area contributed by atoms with E-state index in [0.717, 1.165) is 34.1 Å². The summed E-state index contributed by atoms with van der Waals surface area (Å²) in [6.45, 7) is 7.31. The molecule has 2 atom stereocenters. The Morgan fingerprint density at radius 3 is 2.59 bits per heavy atom. The summed E-state index contributed by atoms with van der Waals surface area (Å²) in [5.41, 5.74) is 2.77. The quantitative estimate of drug-likeness (QED) is 0.616. The summed E-state index contributed by atoms with van der Waals surface area (Å²) in [7, 11) is 0. The number of hydrogen-bond donors (Lipinski definition) is 1. The molecule has 2 aliphatic heterocycles. The number of aromatic amines is 1. The maximum absolute atomic E-state index is 13.9. The first-order valence-corrected chi connectivity index (χ1v) is 11.7. The van der Waals surface area contributed by atoms with Gasteiger partial charge in [0.15, 0.2) is 5.54 Å². The smallest absolute Gasteiger partial charge is 0.254 e. The van der Waals surface area contributed by atoms with Crippen LogP contribution in [0.2, 0.25) is 5.02 Å². The topological polar surface area (TPSA) is 56.4 Å². The van der Waals surface area contributed by atoms with Gasteiger partial charge in [0.05, 0.1) is 12.2 Å². The number of fused-ring (bicyclic) bond motifs is 5. The Hall–Kier alpha value is -2.79. The molecule has 5 rings (SSSR count). The van der Waals surface area contributed by atoms with E-state index >= 15 is 0 Å². The van der Waals surface area contributed by atoms with E-state index in [4.69, 9.17) is 11.6 Å². The Kier molecular flexibility index (Phi) is 5.05. The predicted molar refractivity (Wildman–Crippen MR) is 127 cm³/mol. The molecule has 3 heterocycles. The number of nitrogens with zero attached hydrogens (tertiary/aromatic N) is 2. The number of amides is 2. The van der Waals surface area contributed by atoms with Crippen LogP contribution in [-0.4, -0.2) is 46.2 Å². The van der Waals surface area contributed by atoms with Crippen LogP contribution in [0.3, 0.4) is 0 Å². The standard InChI is InChI=1S/C26H28ClN3O2/c1-16(2)12-13-29-15-22(31)30-14-19(17-8-4-6-10-20(17)27)23-18-9-5-7-11-21(18)28-24(23)26(30,3)25(29)32/h4-11,16,19,28H,12-15H2,1-3H3. The zero-order valence-electron chi connectivity index (χ0n) is 18.7. The van der Waals surface area contributed by atoms with Gasteiger partial charge in [-0.2, -0.15) is 0 Å². The van der Waals surface area contributed by atoms with Gasteiger partial charge < -0.3 is 14.8 Å². The lowest BCUT2D eigenvalue weighted by atomic mass is 9.76. The van der Waals surface area contributed by atoms with E-state index in [1.807, 2.05) is 49.4 Å². The monoisotopic (exact) mass is 449 g/mol. The fraction of sp³-hybridized carbons (Fsp3) is 0.385. The van der Waals surface area contributed by atoms with Crippen molar-refractivity contribution in [2.24, 2.45) is 5.92 Å². The van der Waals surface area contributed by atoms with E-state index < -0.39 is 5.54 Å². The highest BCUT2D eigenvalue weighted by Gasteiger charge is 2.56. The van der Waals surface area contributed by atoms with Gasteiger partial charge in [-0.3, -0.25) is 9.59 Å². The molecule has 2 aromatic carbocycles. The van der Waals surface area contributed by atoms with Crippen LogP contribution in [-0.2, 0) is 15.1 Å². The Balaban J connectivity index is 1.71. The van der Waals surface area contributed by atoms with Crippen LogP contribution in [0.15, 0.2) is 48.5 Å². The Morgan fingerprint density at radius 2 is 1.84 bits per heavy atom. The fourth-order valence-electron chi connectivity index (χ4n) is 5.31. The van der Waals surface area contributed by atoms with E-state index in [-0.39, 0.29) is 24.3 Å². The zero-order chi connectivity index (χ0) is 22.6. The Bertz CT molecular complexity index is 1220. The molecule has 1 N–H and O–H groups in total. The van der Waals surface area contributed by atoms with E-state index in [0.29, 0.717) is 24.0 Å². The molecule has 166 valence electrons. The van der Waals surface area contributed by atoms with Crippen molar-refractivity contribution in [2.75, 3.05) is 19.6 Å². The van der Waals surface area contributed by atoms with Crippen molar-refractivity contribution in [3.63, 3.8) is 0 Å². The lowest BCUT2D eigenvalue weighted by molar-refractivity contribution is -0.166. The molecule has 5 nitrogen and oxygen atoms in total. The molecule has 0 aliphatic carbocycles. The summed E-state index contributed by atoms with van der Waals surface area (Å²) in [6.07, 6.45) is 0.872. The molecule has 0 spiro atoms. The van der Waals surface area contributed by atoms with Gasteiger partial charge in [-0.15, -0.1) is 0 Å². The minimum Gasteiger partial charge on any atom is -0.356 e. The number of rotatable bonds is 4. The third kappa shape index (κ3) is 3.06. The highest BCUT2D eigenvalue weighted by molar-refractivity contribution is 6.31. The number of carbonyl (C=O) groups is 2. The van der Waals surface area contributed by atoms with Crippen LogP contribution in [0.5, 0.6) is 0 Å². The van der Waals surface area contributed by atoms with Crippen molar-refractivity contribution < 1.29 is 9.59 Å². The average molecular weight is 450 g/mol. The first-order valence-electron chi connectivity index (χ1n) is 11.3. The summed E-state index contributed by atoms with van der Waals surface area (Å²) in [6, 6.07) is 15.9. The summed E-state index contributed by atoms with van der Waals surface area (Å²) in [5.74, 6) is 0.325. The highest BCUT2D eigenvalue weighted by Crippen LogP contribution is 2.49. The van der Waals surface area contributed by atoms with Gasteiger partial charge in [0.25, 0.3) is 5.91 Å². The van der Waals surface area contributed by atoms with Gasteiger partial charge in [-0.1, -0.05) is 61.8 Å². The first-order chi connectivity index (χ1) is 15.3. The van der Waals surface area contributed by atoms with E-state index in [1.54, 1.807) is 9.80 Å². The highest BCUT2D eigenvalue weighted by atomic mass is 35.5. The largest absolute Gasteiger partial charge is 0.356 e. The summed E-state index contributed by atoms with van der Waals surface area (Å²) in [4.78, 5) is 34.3. The van der Waals surface area contributed by atoms with Crippen molar-refractivity contribution in [1.82, 2.24) is 14.8 Å². The van der Waals surface area contributed by atoms with Crippen molar-refractivity contribution in [2.45, 2.75) is 38.6 Å². The van der Waals surface area contributed by atoms with Crippen molar-refractivity contribution >= 4 is 34.3 Å². The van der Waals surface area contributed by atoms with Gasteiger partial charge in [-0.05, 0) is 42.5 Å². The Labute approximate surface area is 193 Å². The van der Waals surface area contributed by atoms with E-state index in [1.165, 1.54) is 0 Å². The molecular formula is C26H28ClN3O2. The fourth-order valence-corrected chi connectivity index (χ4v) is 5.58. The molecule has 2 aliphatic rings. The molecule has 6 heteroatoms. The second-order valence-electron chi connectivity index (χ2n) is 9.52. The molecule has 0 radical (unpaired) electrons. The molecule has 1 aromatic heterocycles. The molecule has 2 unspecified atom stereocenters. The maximum atomic E-state index is 13.9. The maximum Gasteiger partial charge on any atom is 0.254 e. The average Bonchev–Trinajstić information content (AvgIpc) is 3.17. The van der Waals surface area contributed by atoms with Gasteiger partial charge in [0, 0.05) is 34.9 Å². The van der Waals surface area contributed by atoms with Gasteiger partial charge in [-0.25, -0.2) is 0 Å². The lowest BCUT2D eigenvalue weighted by Crippen LogP contribution is -2.67. The molecule has 1 saturated heterocycles. The normalized spacial score (nSPS) is 23.1. The lowest BCUT2D eigenvalue weighted by Gasteiger charge is -2.51. The third-order valence-corrected chi connectivity index (χ3v) is 7.42. The summed E-state index contributed by atoms with van der Waals surface area (Å²) in [5, 5.41) is 1.75. The number of carbonyl (C=O) groups excluding carboxylic acids is 2. The van der Waals surface area contributed by atoms with Crippen molar-refractivity contribution in [1.29, 1.82) is 0 Å². The number of hydrogen-bond acceptors (Lipinski definition) is 2. The van der Waals surface area contributed by atoms with Gasteiger partial charge in [0.2, 0.25) is 5.91 Å².